The molecule has 1 aliphatic rings. The molecule has 0 amide bonds. The predicted molar refractivity (Wildman–Crippen MR) is 86.3 cm³/mol. The molecule has 2 nitrogen and oxygen atoms in total. The van der Waals surface area contributed by atoms with Crippen molar-refractivity contribution < 1.29 is 4.21 Å². The molecule has 1 aromatic rings. The van der Waals surface area contributed by atoms with Gasteiger partial charge in [-0.2, -0.15) is 0 Å². The second kappa shape index (κ2) is 6.40. The molecule has 112 valence electrons. The third-order valence-electron chi connectivity index (χ3n) is 4.46. The highest BCUT2D eigenvalue weighted by atomic mass is 32.2. The Hall–Kier alpha value is -0.670. The van der Waals surface area contributed by atoms with Gasteiger partial charge in [-0.3, -0.25) is 4.21 Å². The van der Waals surface area contributed by atoms with Crippen LogP contribution in [0.25, 0.3) is 0 Å². The number of rotatable bonds is 3. The first-order chi connectivity index (χ1) is 9.40. The Morgan fingerprint density at radius 3 is 2.25 bits per heavy atom. The van der Waals surface area contributed by atoms with Crippen molar-refractivity contribution in [3.63, 3.8) is 0 Å². The van der Waals surface area contributed by atoms with Gasteiger partial charge in [-0.25, -0.2) is 0 Å². The van der Waals surface area contributed by atoms with E-state index in [1.807, 2.05) is 12.1 Å². The summed E-state index contributed by atoms with van der Waals surface area (Å²) in [4.78, 5) is 0.927. The van der Waals surface area contributed by atoms with Gasteiger partial charge in [-0.1, -0.05) is 39.8 Å². The van der Waals surface area contributed by atoms with Gasteiger partial charge in [0.1, 0.15) is 0 Å². The highest BCUT2D eigenvalue weighted by Gasteiger charge is 2.36. The van der Waals surface area contributed by atoms with Crippen molar-refractivity contribution in [1.82, 2.24) is 0 Å². The van der Waals surface area contributed by atoms with E-state index in [1.54, 1.807) is 0 Å². The first kappa shape index (κ1) is 15.7. The van der Waals surface area contributed by atoms with Crippen LogP contribution in [-0.2, 0) is 10.8 Å². The van der Waals surface area contributed by atoms with Crippen LogP contribution >= 0.6 is 0 Å². The summed E-state index contributed by atoms with van der Waals surface area (Å²) in [5, 5.41) is 0.0936. The van der Waals surface area contributed by atoms with Crippen molar-refractivity contribution in [3.8, 4) is 0 Å². The zero-order valence-corrected chi connectivity index (χ0v) is 13.8. The van der Waals surface area contributed by atoms with Crippen LogP contribution in [0.3, 0.4) is 0 Å². The molecule has 20 heavy (non-hydrogen) atoms. The lowest BCUT2D eigenvalue weighted by atomic mass is 9.80. The molecule has 0 saturated heterocycles. The van der Waals surface area contributed by atoms with Crippen LogP contribution in [-0.4, -0.2) is 15.5 Å². The third kappa shape index (κ3) is 3.32. The maximum Gasteiger partial charge on any atom is 0.0579 e. The quantitative estimate of drug-likeness (QED) is 0.924. The summed E-state index contributed by atoms with van der Waals surface area (Å²) in [6, 6.07) is 8.28. The molecule has 5 unspecified atom stereocenters. The fourth-order valence-electron chi connectivity index (χ4n) is 3.40. The van der Waals surface area contributed by atoms with Gasteiger partial charge in [0.05, 0.1) is 16.0 Å². The summed E-state index contributed by atoms with van der Waals surface area (Å²) in [5.41, 5.74) is 7.58. The van der Waals surface area contributed by atoms with Crippen LogP contribution in [0.4, 0.5) is 0 Å². The summed E-state index contributed by atoms with van der Waals surface area (Å²) in [7, 11) is -0.991. The Labute approximate surface area is 125 Å². The first-order valence-corrected chi connectivity index (χ1v) is 8.87. The fraction of sp³-hybridized carbons (Fsp3) is 0.647. The van der Waals surface area contributed by atoms with Crippen molar-refractivity contribution in [3.05, 3.63) is 29.8 Å². The lowest BCUT2D eigenvalue weighted by Crippen LogP contribution is -2.47. The number of hydrogen-bond donors (Lipinski definition) is 1. The molecule has 1 aromatic carbocycles. The van der Waals surface area contributed by atoms with Crippen molar-refractivity contribution in [2.24, 2.45) is 17.6 Å². The van der Waals surface area contributed by atoms with E-state index in [9.17, 15) is 4.21 Å². The normalized spacial score (nSPS) is 32.3. The van der Waals surface area contributed by atoms with Crippen molar-refractivity contribution >= 4 is 10.8 Å². The maximum atomic E-state index is 12.8. The summed E-state index contributed by atoms with van der Waals surface area (Å²) >= 11 is 0. The van der Waals surface area contributed by atoms with Crippen LogP contribution in [0.5, 0.6) is 0 Å². The average molecular weight is 293 g/mol. The molecule has 0 bridgehead atoms. The number of nitrogens with two attached hydrogens (primary N) is 1. The zero-order chi connectivity index (χ0) is 14.9. The van der Waals surface area contributed by atoms with Crippen molar-refractivity contribution in [2.45, 2.75) is 62.6 Å². The standard InChI is InChI=1S/C17H27NOS/c1-11(2)14-5-7-15(8-6-14)20(19)17-13(4)9-12(3)10-16(17)18/h5-8,11-13,16-17H,9-10,18H2,1-4H3. The van der Waals surface area contributed by atoms with Crippen LogP contribution < -0.4 is 5.73 Å². The smallest absolute Gasteiger partial charge is 0.0579 e. The molecule has 2 rings (SSSR count). The third-order valence-corrected chi connectivity index (χ3v) is 6.50. The molecule has 0 heterocycles. The van der Waals surface area contributed by atoms with Gasteiger partial charge in [-0.05, 0) is 48.3 Å². The SMILES string of the molecule is CC1CC(C)C(S(=O)c2ccc(C(C)C)cc2)C(N)C1. The van der Waals surface area contributed by atoms with Crippen molar-refractivity contribution in [2.75, 3.05) is 0 Å². The molecule has 0 radical (unpaired) electrons. The van der Waals surface area contributed by atoms with E-state index < -0.39 is 10.8 Å². The van der Waals surface area contributed by atoms with Crippen LogP contribution in [0, 0.1) is 11.8 Å². The minimum absolute atomic E-state index is 0.0550. The second-order valence-corrected chi connectivity index (χ2v) is 8.31. The van der Waals surface area contributed by atoms with Crippen LogP contribution in [0.1, 0.15) is 52.0 Å². The summed E-state index contributed by atoms with van der Waals surface area (Å²) < 4.78 is 12.8. The van der Waals surface area contributed by atoms with Crippen LogP contribution in [0.2, 0.25) is 0 Å². The van der Waals surface area contributed by atoms with Gasteiger partial charge in [0.25, 0.3) is 0 Å². The lowest BCUT2D eigenvalue weighted by molar-refractivity contribution is 0.275. The molecule has 0 spiro atoms. The Kier molecular flexibility index (Phi) is 5.03. The molecule has 3 heteroatoms. The minimum atomic E-state index is -0.991. The molecular weight excluding hydrogens is 266 g/mol. The topological polar surface area (TPSA) is 43.1 Å². The number of benzene rings is 1. The first-order valence-electron chi connectivity index (χ1n) is 7.66. The molecule has 2 N–H and O–H groups in total. The highest BCUT2D eigenvalue weighted by molar-refractivity contribution is 7.85. The van der Waals surface area contributed by atoms with E-state index in [2.05, 4.69) is 39.8 Å². The maximum absolute atomic E-state index is 12.8. The van der Waals surface area contributed by atoms with Gasteiger partial charge < -0.3 is 5.73 Å². The van der Waals surface area contributed by atoms with E-state index in [-0.39, 0.29) is 11.3 Å². The molecule has 5 atom stereocenters. The monoisotopic (exact) mass is 293 g/mol. The molecule has 1 fully saturated rings. The Morgan fingerprint density at radius 2 is 1.75 bits per heavy atom. The number of hydrogen-bond acceptors (Lipinski definition) is 2. The minimum Gasteiger partial charge on any atom is -0.327 e. The average Bonchev–Trinajstić information content (AvgIpc) is 2.37. The van der Waals surface area contributed by atoms with Gasteiger partial charge in [0.15, 0.2) is 0 Å². The zero-order valence-electron chi connectivity index (χ0n) is 13.0. The summed E-state index contributed by atoms with van der Waals surface area (Å²) in [6.07, 6.45) is 2.12. The second-order valence-electron chi connectivity index (χ2n) is 6.70. The van der Waals surface area contributed by atoms with E-state index in [1.165, 1.54) is 5.56 Å². The molecule has 1 aliphatic carbocycles. The van der Waals surface area contributed by atoms with Gasteiger partial charge in [-0.15, -0.1) is 0 Å². The molecule has 1 saturated carbocycles. The Balaban J connectivity index is 2.18. The van der Waals surface area contributed by atoms with Gasteiger partial charge in [0, 0.05) is 10.9 Å². The summed E-state index contributed by atoms with van der Waals surface area (Å²) in [6.45, 7) is 8.78. The van der Waals surface area contributed by atoms with E-state index in [0.717, 1.165) is 17.7 Å². The largest absolute Gasteiger partial charge is 0.327 e. The van der Waals surface area contributed by atoms with E-state index >= 15 is 0 Å². The fourth-order valence-corrected chi connectivity index (χ4v) is 5.08. The highest BCUT2D eigenvalue weighted by Crippen LogP contribution is 2.33. The Bertz CT molecular complexity index is 456. The van der Waals surface area contributed by atoms with E-state index in [4.69, 9.17) is 5.73 Å². The van der Waals surface area contributed by atoms with Gasteiger partial charge in [0.2, 0.25) is 0 Å². The molecule has 0 aromatic heterocycles. The van der Waals surface area contributed by atoms with Crippen molar-refractivity contribution in [1.29, 1.82) is 0 Å². The molecule has 0 aliphatic heterocycles. The van der Waals surface area contributed by atoms with Gasteiger partial charge >= 0.3 is 0 Å². The summed E-state index contributed by atoms with van der Waals surface area (Å²) in [5.74, 6) is 1.59. The van der Waals surface area contributed by atoms with E-state index in [0.29, 0.717) is 17.8 Å². The molecular formula is C17H27NOS. The lowest BCUT2D eigenvalue weighted by Gasteiger charge is -2.37. The van der Waals surface area contributed by atoms with Crippen LogP contribution in [0.15, 0.2) is 29.2 Å². The predicted octanol–water partition coefficient (Wildman–Crippen LogP) is 3.68. The Morgan fingerprint density at radius 1 is 1.15 bits per heavy atom.